The van der Waals surface area contributed by atoms with Gasteiger partial charge in [-0.25, -0.2) is 0 Å². The van der Waals surface area contributed by atoms with Crippen LogP contribution in [0.2, 0.25) is 154 Å². The molecule has 0 saturated heterocycles. The van der Waals surface area contributed by atoms with Gasteiger partial charge in [-0.15, -0.1) is 0 Å². The van der Waals surface area contributed by atoms with Gasteiger partial charge in [-0.1, -0.05) is 310 Å². The largest absolute Gasteiger partial charge is 0.508 e. The van der Waals surface area contributed by atoms with E-state index >= 15 is 0 Å². The van der Waals surface area contributed by atoms with E-state index in [1.807, 2.05) is 54.6 Å². The van der Waals surface area contributed by atoms with Gasteiger partial charge >= 0.3 is 0 Å². The zero-order chi connectivity index (χ0) is 85.7. The second kappa shape index (κ2) is 54.7. The third-order valence-corrected chi connectivity index (χ3v) is 30.5. The average molecular weight is 1630 g/mol. The van der Waals surface area contributed by atoms with E-state index in [0.29, 0.717) is 54.4 Å². The van der Waals surface area contributed by atoms with Crippen LogP contribution in [-0.2, 0) is 38.4 Å². The van der Waals surface area contributed by atoms with E-state index in [2.05, 4.69) is 132 Å². The average Bonchev–Trinajstić information content (AvgIpc) is 0.858. The Labute approximate surface area is 679 Å². The summed E-state index contributed by atoms with van der Waals surface area (Å²) < 4.78 is 0. The molecule has 4 aromatic carbocycles. The summed E-state index contributed by atoms with van der Waals surface area (Å²) in [6, 6.07) is 40.6. The standard InChI is InChI=1S/C21H26O2Si.C17H34O2Si.C16H24O3Si.C16H24O2Si.2C11H22O2Si/c1-24(2,3)16-10-15-19(20(22)17-11-6-4-7-12-17)21(23)18-13-8-5-9-14-18;1-6-8-12-16(18)15(17(19)13-9-7-2)11-10-14-20(3,4)5;1-12(17)15(6-5-11-20(2,3)4)16(19)13-7-9-14(18)10-8-13;1-13(17)15(11-8-12-19(2,3)4)16(18)14-9-6-5-7-10-14;2*1-9(12)11(10(2)13)7-6-8-14(3,4)5/h4-9,11-14,19H,10,15-16H2,1-3H3;15H,6-14H2,1-5H3;7-10,15,18H,5-6,11H2,1-4H3;5-7,9-10,15H,8,11-12H2,1-4H3;2*11H,6-8H2,1-5H3. The molecule has 0 aromatic heterocycles. The zero-order valence-corrected chi connectivity index (χ0v) is 80.3. The van der Waals surface area contributed by atoms with Crippen molar-refractivity contribution in [2.75, 3.05) is 0 Å². The number of carbonyl (C=O) groups is 12. The normalized spacial score (nSPS) is 12.2. The Morgan fingerprint density at radius 2 is 0.441 bits per heavy atom. The molecular weight excluding hydrogens is 1480 g/mol. The number of hydrogen-bond acceptors (Lipinski definition) is 13. The van der Waals surface area contributed by atoms with E-state index in [4.69, 9.17) is 0 Å². The Balaban J connectivity index is 0. The molecule has 1 N–H and O–H groups in total. The highest BCUT2D eigenvalue weighted by Crippen LogP contribution is 2.28. The van der Waals surface area contributed by atoms with Crippen molar-refractivity contribution >= 4 is 118 Å². The second-order valence-corrected chi connectivity index (χ2v) is 71.7. The van der Waals surface area contributed by atoms with E-state index in [9.17, 15) is 62.6 Å². The van der Waals surface area contributed by atoms with Crippen molar-refractivity contribution in [1.29, 1.82) is 0 Å². The summed E-state index contributed by atoms with van der Waals surface area (Å²) >= 11 is 0. The second-order valence-electron chi connectivity index (χ2n) is 37.9. The van der Waals surface area contributed by atoms with Crippen LogP contribution < -0.4 is 0 Å². The van der Waals surface area contributed by atoms with E-state index in [0.717, 1.165) is 95.6 Å². The molecule has 0 aliphatic heterocycles. The van der Waals surface area contributed by atoms with E-state index < -0.39 is 66.2 Å². The molecule has 4 rings (SSSR count). The smallest absolute Gasteiger partial charge is 0.173 e. The Kier molecular flexibility index (Phi) is 52.8. The number of phenolic OH excluding ortho intramolecular Hbond substituents is 1. The van der Waals surface area contributed by atoms with Gasteiger partial charge < -0.3 is 5.11 Å². The van der Waals surface area contributed by atoms with Crippen molar-refractivity contribution in [1.82, 2.24) is 0 Å². The molecule has 0 radical (unpaired) electrons. The van der Waals surface area contributed by atoms with Gasteiger partial charge in [0, 0.05) is 83.5 Å². The number of ketones is 12. The number of benzene rings is 4. The van der Waals surface area contributed by atoms with Crippen LogP contribution in [0.4, 0.5) is 0 Å². The molecule has 0 spiro atoms. The Morgan fingerprint density at radius 1 is 0.252 bits per heavy atom. The van der Waals surface area contributed by atoms with Crippen molar-refractivity contribution in [3.8, 4) is 5.75 Å². The number of phenols is 1. The Morgan fingerprint density at radius 3 is 0.649 bits per heavy atom. The molecule has 0 fully saturated rings. The van der Waals surface area contributed by atoms with E-state index in [1.165, 1.54) is 77.9 Å². The first-order chi connectivity index (χ1) is 51.2. The van der Waals surface area contributed by atoms with Crippen LogP contribution in [0.3, 0.4) is 0 Å². The maximum Gasteiger partial charge on any atom is 0.173 e. The molecular formula is C92H152O13Si6. The molecule has 0 bridgehead atoms. The maximum atomic E-state index is 12.9. The van der Waals surface area contributed by atoms with Crippen molar-refractivity contribution in [3.63, 3.8) is 0 Å². The van der Waals surface area contributed by atoms with Gasteiger partial charge in [-0.2, -0.15) is 0 Å². The van der Waals surface area contributed by atoms with Crippen LogP contribution in [0.25, 0.3) is 0 Å². The van der Waals surface area contributed by atoms with Gasteiger partial charge in [-0.3, -0.25) is 57.5 Å². The lowest BCUT2D eigenvalue weighted by atomic mass is 9.87. The quantitative estimate of drug-likeness (QED) is 0.0247. The summed E-state index contributed by atoms with van der Waals surface area (Å²) in [6.45, 7) is 54.9. The molecule has 0 heterocycles. The van der Waals surface area contributed by atoms with Gasteiger partial charge in [0.05, 0.1) is 35.5 Å². The summed E-state index contributed by atoms with van der Waals surface area (Å²) in [4.78, 5) is 143. The molecule has 0 aliphatic rings. The van der Waals surface area contributed by atoms with Crippen LogP contribution in [0.15, 0.2) is 115 Å². The number of hydrogen-bond donors (Lipinski definition) is 1. The molecule has 13 nitrogen and oxygen atoms in total. The van der Waals surface area contributed by atoms with Crippen LogP contribution in [0.1, 0.15) is 212 Å². The fraction of sp³-hybridized carbons (Fsp3) is 0.609. The van der Waals surface area contributed by atoms with Crippen LogP contribution in [-0.4, -0.2) is 123 Å². The predicted molar refractivity (Wildman–Crippen MR) is 483 cm³/mol. The highest BCUT2D eigenvalue weighted by Gasteiger charge is 2.32. The maximum absolute atomic E-state index is 12.9. The van der Waals surface area contributed by atoms with Gasteiger partial charge in [0.1, 0.15) is 52.0 Å². The fourth-order valence-electron chi connectivity index (χ4n) is 12.6. The molecule has 2 unspecified atom stereocenters. The summed E-state index contributed by atoms with van der Waals surface area (Å²) in [6.07, 6.45) is 15.2. The lowest BCUT2D eigenvalue weighted by Gasteiger charge is -2.19. The zero-order valence-electron chi connectivity index (χ0n) is 74.3. The molecule has 0 amide bonds. The molecule has 4 aromatic rings. The highest BCUT2D eigenvalue weighted by molar-refractivity contribution is 6.77. The lowest BCUT2D eigenvalue weighted by Crippen LogP contribution is -2.26. The monoisotopic (exact) mass is 1630 g/mol. The Bertz CT molecular complexity index is 3290. The lowest BCUT2D eigenvalue weighted by molar-refractivity contribution is -0.134. The molecule has 0 aliphatic carbocycles. The first kappa shape index (κ1) is 107. The third kappa shape index (κ3) is 53.7. The number of unbranched alkanes of at least 4 members (excludes halogenated alkanes) is 2. The van der Waals surface area contributed by atoms with Gasteiger partial charge in [-0.05, 0) is 117 Å². The predicted octanol–water partition coefficient (Wildman–Crippen LogP) is 24.6. The van der Waals surface area contributed by atoms with Crippen molar-refractivity contribution in [3.05, 3.63) is 138 Å². The van der Waals surface area contributed by atoms with Crippen LogP contribution in [0, 0.1) is 35.5 Å². The SMILES string of the molecule is CC(=O)C(CCC[Si](C)(C)C)C(=O)c1ccc(O)cc1.CC(=O)C(CCC[Si](C)(C)C)C(=O)c1ccccc1.CC(=O)C(CCC[Si](C)(C)C)C(C)=O.CC(=O)C(CCC[Si](C)(C)C)C(C)=O.CCCCC(=O)C(CCC[Si](C)(C)C)C(=O)CCCC.C[Si](C)(C)CCCC(C(=O)c1ccccc1)C(=O)c1ccccc1. The minimum absolute atomic E-state index is 0.00979. The van der Waals surface area contributed by atoms with Crippen molar-refractivity contribution < 1.29 is 62.6 Å². The summed E-state index contributed by atoms with van der Waals surface area (Å²) in [7, 11) is -6.51. The van der Waals surface area contributed by atoms with Gasteiger partial charge in [0.15, 0.2) is 23.1 Å². The number of Topliss-reactive ketones (excluding diaryl/α,β-unsaturated/α-hetero) is 12. The number of rotatable bonds is 46. The Hall–Kier alpha value is -5.98. The first-order valence-corrected chi connectivity index (χ1v) is 63.6. The number of carbonyl (C=O) groups excluding carboxylic acids is 12. The molecule has 622 valence electrons. The minimum atomic E-state index is -1.17. The van der Waals surface area contributed by atoms with E-state index in [1.54, 1.807) is 48.5 Å². The molecule has 19 heteroatoms. The first-order valence-electron chi connectivity index (χ1n) is 41.4. The van der Waals surface area contributed by atoms with Crippen LogP contribution >= 0.6 is 0 Å². The van der Waals surface area contributed by atoms with Gasteiger partial charge in [0.25, 0.3) is 0 Å². The van der Waals surface area contributed by atoms with Crippen molar-refractivity contribution in [2.24, 2.45) is 35.5 Å². The topological polar surface area (TPSA) is 225 Å². The molecule has 2 atom stereocenters. The third-order valence-electron chi connectivity index (χ3n) is 19.4. The fourth-order valence-corrected chi connectivity index (χ4v) is 20.2. The summed E-state index contributed by atoms with van der Waals surface area (Å²) in [5.74, 6) is -2.31. The highest BCUT2D eigenvalue weighted by atomic mass is 28.3. The molecule has 0 saturated carbocycles. The number of aromatic hydroxyl groups is 1. The van der Waals surface area contributed by atoms with Gasteiger partial charge in [0.2, 0.25) is 0 Å². The molecule has 111 heavy (non-hydrogen) atoms. The minimum Gasteiger partial charge on any atom is -0.508 e. The summed E-state index contributed by atoms with van der Waals surface area (Å²) in [5.41, 5.74) is 2.39. The summed E-state index contributed by atoms with van der Waals surface area (Å²) in [5, 5.41) is 9.24. The van der Waals surface area contributed by atoms with Crippen molar-refractivity contribution in [2.45, 2.75) is 325 Å². The van der Waals surface area contributed by atoms with Crippen LogP contribution in [0.5, 0.6) is 5.75 Å². The van der Waals surface area contributed by atoms with E-state index in [-0.39, 0.29) is 92.9 Å².